The van der Waals surface area contributed by atoms with Gasteiger partial charge < -0.3 is 5.73 Å². The zero-order chi connectivity index (χ0) is 14.8. The molecule has 0 fully saturated rings. The average Bonchev–Trinajstić information content (AvgIpc) is 2.53. The Morgan fingerprint density at radius 1 is 1.04 bits per heavy atom. The Morgan fingerprint density at radius 3 is 2.39 bits per heavy atom. The van der Waals surface area contributed by atoms with E-state index < -0.39 is 0 Å². The van der Waals surface area contributed by atoms with Crippen LogP contribution in [0.3, 0.4) is 0 Å². The van der Waals surface area contributed by atoms with E-state index in [0.29, 0.717) is 11.1 Å². The maximum absolute atomic E-state index is 12.7. The van der Waals surface area contributed by atoms with E-state index in [4.69, 9.17) is 5.73 Å². The topological polar surface area (TPSA) is 56.0 Å². The molecule has 0 bridgehead atoms. The van der Waals surface area contributed by atoms with Crippen LogP contribution in [0.2, 0.25) is 0 Å². The van der Waals surface area contributed by atoms with E-state index in [0.717, 1.165) is 16.3 Å². The Morgan fingerprint density at radius 2 is 1.74 bits per heavy atom. The van der Waals surface area contributed by atoms with E-state index in [2.05, 4.69) is 4.98 Å². The molecule has 0 aliphatic heterocycles. The van der Waals surface area contributed by atoms with Gasteiger partial charge in [0.1, 0.15) is 0 Å². The lowest BCUT2D eigenvalue weighted by atomic mass is 9.97. The molecular formula is C18H18Cl2N2O. The first kappa shape index (κ1) is 19.1. The summed E-state index contributed by atoms with van der Waals surface area (Å²) in [4.78, 5) is 16.8. The van der Waals surface area contributed by atoms with E-state index in [1.165, 1.54) is 0 Å². The van der Waals surface area contributed by atoms with Gasteiger partial charge in [0.05, 0.1) is 0 Å². The number of pyridine rings is 1. The second kappa shape index (κ2) is 8.06. The van der Waals surface area contributed by atoms with Gasteiger partial charge in [0.25, 0.3) is 0 Å². The number of rotatable bonds is 3. The van der Waals surface area contributed by atoms with Crippen molar-refractivity contribution >= 4 is 41.4 Å². The number of carbonyl (C=O) groups excluding carboxylic acids is 1. The minimum absolute atomic E-state index is 0. The summed E-state index contributed by atoms with van der Waals surface area (Å²) >= 11 is 0. The summed E-state index contributed by atoms with van der Waals surface area (Å²) < 4.78 is 0. The summed E-state index contributed by atoms with van der Waals surface area (Å²) in [6.07, 6.45) is 3.48. The molecule has 2 aromatic carbocycles. The van der Waals surface area contributed by atoms with Gasteiger partial charge in [0, 0.05) is 34.9 Å². The molecule has 3 aromatic rings. The van der Waals surface area contributed by atoms with Crippen LogP contribution in [0.25, 0.3) is 10.8 Å². The van der Waals surface area contributed by atoms with Crippen LogP contribution in [-0.2, 0) is 0 Å². The molecule has 5 heteroatoms. The fourth-order valence-electron chi connectivity index (χ4n) is 2.41. The second-order valence-corrected chi connectivity index (χ2v) is 5.14. The van der Waals surface area contributed by atoms with Crippen LogP contribution in [0.1, 0.15) is 34.5 Å². The largest absolute Gasteiger partial charge is 0.324 e. The van der Waals surface area contributed by atoms with Gasteiger partial charge in [-0.05, 0) is 23.9 Å². The molecule has 0 aliphatic carbocycles. The molecule has 23 heavy (non-hydrogen) atoms. The minimum atomic E-state index is -0.0298. The van der Waals surface area contributed by atoms with Gasteiger partial charge in [-0.1, -0.05) is 42.5 Å². The minimum Gasteiger partial charge on any atom is -0.324 e. The highest BCUT2D eigenvalue weighted by atomic mass is 35.5. The monoisotopic (exact) mass is 348 g/mol. The molecular weight excluding hydrogens is 331 g/mol. The predicted molar refractivity (Wildman–Crippen MR) is 98.7 cm³/mol. The first-order valence-electron chi connectivity index (χ1n) is 6.90. The number of hydrogen-bond donors (Lipinski definition) is 1. The van der Waals surface area contributed by atoms with Gasteiger partial charge in [-0.2, -0.15) is 0 Å². The number of hydrogen-bond acceptors (Lipinski definition) is 3. The molecule has 1 heterocycles. The maximum atomic E-state index is 12.7. The molecule has 120 valence electrons. The molecule has 2 N–H and O–H groups in total. The van der Waals surface area contributed by atoms with Crippen LogP contribution in [0.5, 0.6) is 0 Å². The smallest absolute Gasteiger partial charge is 0.193 e. The van der Waals surface area contributed by atoms with Crippen LogP contribution in [-0.4, -0.2) is 10.8 Å². The Balaban J connectivity index is 0.00000132. The normalized spacial score (nSPS) is 11.2. The van der Waals surface area contributed by atoms with Crippen molar-refractivity contribution in [1.29, 1.82) is 0 Å². The van der Waals surface area contributed by atoms with Gasteiger partial charge in [0.15, 0.2) is 5.78 Å². The van der Waals surface area contributed by atoms with Gasteiger partial charge in [-0.15, -0.1) is 24.8 Å². The molecule has 0 aliphatic rings. The zero-order valence-corrected chi connectivity index (χ0v) is 14.2. The van der Waals surface area contributed by atoms with Crippen molar-refractivity contribution in [2.24, 2.45) is 5.73 Å². The summed E-state index contributed by atoms with van der Waals surface area (Å²) in [5.41, 5.74) is 8.22. The van der Waals surface area contributed by atoms with Crippen LogP contribution in [0.15, 0.2) is 60.9 Å². The first-order chi connectivity index (χ1) is 10.2. The molecule has 0 unspecified atom stereocenters. The number of nitrogens with two attached hydrogens (primary N) is 1. The molecule has 3 rings (SSSR count). The van der Waals surface area contributed by atoms with Crippen LogP contribution in [0.4, 0.5) is 0 Å². The summed E-state index contributed by atoms with van der Waals surface area (Å²) in [6.45, 7) is 1.93. The second-order valence-electron chi connectivity index (χ2n) is 5.14. The Bertz CT molecular complexity index is 796. The summed E-state index contributed by atoms with van der Waals surface area (Å²) in [6, 6.07) is 15.0. The fourth-order valence-corrected chi connectivity index (χ4v) is 2.41. The Kier molecular flexibility index (Phi) is 6.70. The van der Waals surface area contributed by atoms with Crippen molar-refractivity contribution in [3.63, 3.8) is 0 Å². The molecule has 0 saturated heterocycles. The van der Waals surface area contributed by atoms with E-state index in [1.54, 1.807) is 12.4 Å². The SMILES string of the molecule is C[C@H](N)c1ccc(C(=O)c2cccc3cnccc23)cc1.Cl.Cl. The van der Waals surface area contributed by atoms with Crippen molar-refractivity contribution in [3.05, 3.63) is 77.6 Å². The standard InChI is InChI=1S/C18H16N2O.2ClH/c1-12(19)13-5-7-14(8-6-13)18(21)17-4-2-3-15-11-20-10-9-16(15)17;;/h2-12H,19H2,1H3;2*1H/t12-;;/m0../s1. The summed E-state index contributed by atoms with van der Waals surface area (Å²) in [5, 5.41) is 1.89. The van der Waals surface area contributed by atoms with Crippen molar-refractivity contribution in [2.45, 2.75) is 13.0 Å². The summed E-state index contributed by atoms with van der Waals surface area (Å²) in [5.74, 6) is 0.0167. The van der Waals surface area contributed by atoms with E-state index in [1.807, 2.05) is 55.5 Å². The van der Waals surface area contributed by atoms with Gasteiger partial charge in [0.2, 0.25) is 0 Å². The maximum Gasteiger partial charge on any atom is 0.193 e. The van der Waals surface area contributed by atoms with Crippen molar-refractivity contribution < 1.29 is 4.79 Å². The van der Waals surface area contributed by atoms with Crippen LogP contribution >= 0.6 is 24.8 Å². The fraction of sp³-hybridized carbons (Fsp3) is 0.111. The molecule has 1 atom stereocenters. The summed E-state index contributed by atoms with van der Waals surface area (Å²) in [7, 11) is 0. The first-order valence-corrected chi connectivity index (χ1v) is 6.90. The molecule has 0 amide bonds. The van der Waals surface area contributed by atoms with E-state index in [-0.39, 0.29) is 36.6 Å². The molecule has 0 spiro atoms. The lowest BCUT2D eigenvalue weighted by molar-refractivity contribution is 0.104. The molecule has 3 nitrogen and oxygen atoms in total. The number of carbonyl (C=O) groups is 1. The van der Waals surface area contributed by atoms with Crippen molar-refractivity contribution in [3.8, 4) is 0 Å². The average molecular weight is 349 g/mol. The van der Waals surface area contributed by atoms with Crippen molar-refractivity contribution in [2.75, 3.05) is 0 Å². The van der Waals surface area contributed by atoms with E-state index >= 15 is 0 Å². The molecule has 0 radical (unpaired) electrons. The Labute approximate surface area is 147 Å². The van der Waals surface area contributed by atoms with Gasteiger partial charge >= 0.3 is 0 Å². The third-order valence-electron chi connectivity index (χ3n) is 3.62. The quantitative estimate of drug-likeness (QED) is 0.716. The molecule has 1 aromatic heterocycles. The third kappa shape index (κ3) is 3.88. The number of halogens is 2. The lowest BCUT2D eigenvalue weighted by Gasteiger charge is -2.08. The highest BCUT2D eigenvalue weighted by Gasteiger charge is 2.12. The Hall–Kier alpha value is -1.94. The van der Waals surface area contributed by atoms with Crippen LogP contribution < -0.4 is 5.73 Å². The highest BCUT2D eigenvalue weighted by molar-refractivity contribution is 6.16. The number of fused-ring (bicyclic) bond motifs is 1. The number of aromatic nitrogens is 1. The number of benzene rings is 2. The predicted octanol–water partition coefficient (Wildman–Crippen LogP) is 4.33. The lowest BCUT2D eigenvalue weighted by Crippen LogP contribution is -2.06. The zero-order valence-electron chi connectivity index (χ0n) is 12.6. The highest BCUT2D eigenvalue weighted by Crippen LogP contribution is 2.21. The van der Waals surface area contributed by atoms with Gasteiger partial charge in [-0.25, -0.2) is 0 Å². The molecule has 0 saturated carbocycles. The third-order valence-corrected chi connectivity index (χ3v) is 3.62. The van der Waals surface area contributed by atoms with Crippen molar-refractivity contribution in [1.82, 2.24) is 4.98 Å². The number of ketones is 1. The van der Waals surface area contributed by atoms with Gasteiger partial charge in [-0.3, -0.25) is 9.78 Å². The van der Waals surface area contributed by atoms with E-state index in [9.17, 15) is 4.79 Å². The van der Waals surface area contributed by atoms with Crippen LogP contribution in [0, 0.1) is 0 Å². The number of nitrogens with zero attached hydrogens (tertiary/aromatic N) is 1.